The molecule has 1 nitrogen and oxygen atoms in total. The molecule has 0 saturated heterocycles. The largest absolute Gasteiger partial charge is 0.330 e. The maximum Gasteiger partial charge on any atom is 0.0173 e. The molecule has 4 aliphatic rings. The van der Waals surface area contributed by atoms with Gasteiger partial charge in [0.1, 0.15) is 0 Å². The van der Waals surface area contributed by atoms with Crippen molar-refractivity contribution < 1.29 is 0 Å². The average Bonchev–Trinajstić information content (AvgIpc) is 2.08. The highest BCUT2D eigenvalue weighted by atomic mass is 32.2. The summed E-state index contributed by atoms with van der Waals surface area (Å²) in [4.78, 5) is 0. The number of hydrogen-bond acceptors (Lipinski definition) is 2. The zero-order valence-corrected chi connectivity index (χ0v) is 11.5. The van der Waals surface area contributed by atoms with Crippen LogP contribution in [-0.4, -0.2) is 17.0 Å². The first-order valence-electron chi connectivity index (χ1n) is 6.81. The Kier molecular flexibility index (Phi) is 2.43. The second kappa shape index (κ2) is 3.41. The fourth-order valence-electron chi connectivity index (χ4n) is 5.78. The van der Waals surface area contributed by atoms with E-state index >= 15 is 0 Å². The minimum Gasteiger partial charge on any atom is -0.330 e. The number of nitrogens with two attached hydrogens (primary N) is 1. The number of hydrogen-bond donors (Lipinski definition) is 1. The molecule has 0 unspecified atom stereocenters. The highest BCUT2D eigenvalue weighted by Crippen LogP contribution is 2.69. The first-order valence-corrected chi connectivity index (χ1v) is 7.79. The summed E-state index contributed by atoms with van der Waals surface area (Å²) >= 11 is 2.21. The van der Waals surface area contributed by atoms with Crippen LogP contribution in [0.2, 0.25) is 0 Å². The van der Waals surface area contributed by atoms with Crippen LogP contribution in [0.25, 0.3) is 0 Å². The maximum atomic E-state index is 5.70. The molecule has 0 amide bonds. The van der Waals surface area contributed by atoms with E-state index in [-0.39, 0.29) is 0 Å². The van der Waals surface area contributed by atoms with Gasteiger partial charge in [-0.15, -0.1) is 0 Å². The molecule has 4 saturated carbocycles. The molecule has 2 N–H and O–H groups in total. The van der Waals surface area contributed by atoms with Gasteiger partial charge in [0.15, 0.2) is 0 Å². The molecule has 92 valence electrons. The van der Waals surface area contributed by atoms with Crippen LogP contribution < -0.4 is 5.73 Å². The van der Waals surface area contributed by atoms with Crippen molar-refractivity contribution in [3.8, 4) is 0 Å². The SMILES string of the molecule is C[C@@]12CC3CC(SCCN)(C1)C[C@@](C)(C3)C2. The molecular weight excluding hydrogens is 214 g/mol. The minimum atomic E-state index is 0.613. The Balaban J connectivity index is 1.86. The van der Waals surface area contributed by atoms with E-state index in [0.29, 0.717) is 15.6 Å². The van der Waals surface area contributed by atoms with Crippen LogP contribution in [0.3, 0.4) is 0 Å². The molecule has 2 atom stereocenters. The van der Waals surface area contributed by atoms with Crippen molar-refractivity contribution in [2.24, 2.45) is 22.5 Å². The molecular formula is C14H25NS. The lowest BCUT2D eigenvalue weighted by Gasteiger charge is -2.65. The van der Waals surface area contributed by atoms with Crippen LogP contribution in [0.4, 0.5) is 0 Å². The van der Waals surface area contributed by atoms with Gasteiger partial charge in [-0.05, 0) is 55.3 Å². The molecule has 4 rings (SSSR count). The fourth-order valence-corrected chi connectivity index (χ4v) is 7.58. The lowest BCUT2D eigenvalue weighted by atomic mass is 9.45. The lowest BCUT2D eigenvalue weighted by molar-refractivity contribution is -0.0777. The van der Waals surface area contributed by atoms with Gasteiger partial charge in [0.25, 0.3) is 0 Å². The Hall–Kier alpha value is 0.310. The predicted octanol–water partition coefficient (Wildman–Crippen LogP) is 3.43. The molecule has 16 heavy (non-hydrogen) atoms. The van der Waals surface area contributed by atoms with Gasteiger partial charge in [-0.25, -0.2) is 0 Å². The normalized spacial score (nSPS) is 54.6. The van der Waals surface area contributed by atoms with Gasteiger partial charge >= 0.3 is 0 Å². The van der Waals surface area contributed by atoms with Crippen molar-refractivity contribution >= 4 is 11.8 Å². The van der Waals surface area contributed by atoms with Gasteiger partial charge in [0.2, 0.25) is 0 Å². The third-order valence-electron chi connectivity index (χ3n) is 5.10. The average molecular weight is 239 g/mol. The van der Waals surface area contributed by atoms with Crippen LogP contribution in [0.15, 0.2) is 0 Å². The molecule has 4 bridgehead atoms. The molecule has 0 aromatic carbocycles. The Labute approximate surface area is 104 Å². The highest BCUT2D eigenvalue weighted by Gasteiger charge is 2.59. The van der Waals surface area contributed by atoms with Gasteiger partial charge in [-0.3, -0.25) is 0 Å². The Bertz CT molecular complexity index is 283. The second-order valence-corrected chi connectivity index (χ2v) is 9.01. The predicted molar refractivity (Wildman–Crippen MR) is 71.6 cm³/mol. The van der Waals surface area contributed by atoms with E-state index < -0.39 is 0 Å². The van der Waals surface area contributed by atoms with E-state index in [2.05, 4.69) is 25.6 Å². The van der Waals surface area contributed by atoms with Crippen LogP contribution in [0.1, 0.15) is 52.4 Å². The molecule has 0 spiro atoms. The zero-order valence-electron chi connectivity index (χ0n) is 10.7. The van der Waals surface area contributed by atoms with E-state index in [4.69, 9.17) is 5.73 Å². The van der Waals surface area contributed by atoms with Gasteiger partial charge < -0.3 is 5.73 Å². The van der Waals surface area contributed by atoms with Gasteiger partial charge in [-0.1, -0.05) is 13.8 Å². The van der Waals surface area contributed by atoms with Crippen LogP contribution in [0, 0.1) is 16.7 Å². The Morgan fingerprint density at radius 1 is 1.06 bits per heavy atom. The fraction of sp³-hybridized carbons (Fsp3) is 1.00. The summed E-state index contributed by atoms with van der Waals surface area (Å²) in [5, 5.41) is 0. The van der Waals surface area contributed by atoms with Crippen LogP contribution in [-0.2, 0) is 0 Å². The van der Waals surface area contributed by atoms with Crippen LogP contribution in [0.5, 0.6) is 0 Å². The quantitative estimate of drug-likeness (QED) is 0.816. The summed E-state index contributed by atoms with van der Waals surface area (Å²) in [5.74, 6) is 2.19. The van der Waals surface area contributed by atoms with Gasteiger partial charge in [0.05, 0.1) is 0 Å². The summed E-state index contributed by atoms with van der Waals surface area (Å²) in [5.41, 5.74) is 7.03. The molecule has 4 aliphatic carbocycles. The van der Waals surface area contributed by atoms with E-state index in [1.807, 2.05) is 0 Å². The number of rotatable bonds is 3. The van der Waals surface area contributed by atoms with Crippen molar-refractivity contribution in [3.05, 3.63) is 0 Å². The zero-order chi connectivity index (χ0) is 11.4. The second-order valence-electron chi connectivity index (χ2n) is 7.45. The third kappa shape index (κ3) is 1.73. The van der Waals surface area contributed by atoms with Crippen molar-refractivity contribution in [3.63, 3.8) is 0 Å². The summed E-state index contributed by atoms with van der Waals surface area (Å²) in [7, 11) is 0. The molecule has 0 radical (unpaired) electrons. The van der Waals surface area contributed by atoms with Crippen molar-refractivity contribution in [1.29, 1.82) is 0 Å². The van der Waals surface area contributed by atoms with E-state index in [1.54, 1.807) is 0 Å². The molecule has 0 aromatic heterocycles. The monoisotopic (exact) mass is 239 g/mol. The summed E-state index contributed by atoms with van der Waals surface area (Å²) < 4.78 is 0.613. The maximum absolute atomic E-state index is 5.70. The molecule has 2 heteroatoms. The minimum absolute atomic E-state index is 0.613. The van der Waals surface area contributed by atoms with Crippen LogP contribution >= 0.6 is 11.8 Å². The smallest absolute Gasteiger partial charge is 0.0173 e. The number of thioether (sulfide) groups is 1. The van der Waals surface area contributed by atoms with E-state index in [9.17, 15) is 0 Å². The summed E-state index contributed by atoms with van der Waals surface area (Å²) in [6, 6.07) is 0. The molecule has 0 aromatic rings. The van der Waals surface area contributed by atoms with Crippen molar-refractivity contribution in [2.75, 3.05) is 12.3 Å². The first kappa shape index (κ1) is 11.4. The summed E-state index contributed by atoms with van der Waals surface area (Å²) in [6.45, 7) is 5.95. The topological polar surface area (TPSA) is 26.0 Å². The van der Waals surface area contributed by atoms with Gasteiger partial charge in [0, 0.05) is 17.0 Å². The highest BCUT2D eigenvalue weighted by molar-refractivity contribution is 8.00. The van der Waals surface area contributed by atoms with E-state index in [0.717, 1.165) is 12.5 Å². The first-order chi connectivity index (χ1) is 7.47. The molecule has 4 fully saturated rings. The Morgan fingerprint density at radius 2 is 1.69 bits per heavy atom. The molecule has 0 heterocycles. The van der Waals surface area contributed by atoms with Gasteiger partial charge in [-0.2, -0.15) is 11.8 Å². The Morgan fingerprint density at radius 3 is 2.19 bits per heavy atom. The van der Waals surface area contributed by atoms with Crippen molar-refractivity contribution in [1.82, 2.24) is 0 Å². The van der Waals surface area contributed by atoms with E-state index in [1.165, 1.54) is 44.3 Å². The summed E-state index contributed by atoms with van der Waals surface area (Å²) in [6.07, 6.45) is 8.93. The third-order valence-corrected chi connectivity index (χ3v) is 6.61. The standard InChI is InChI=1S/C14H25NS/c1-12-5-11-6-13(2,8-12)10-14(7-11,9-12)16-4-3-15/h11H,3-10,15H2,1-2H3/t11?,12-,13-,14?/m0/s1. The lowest BCUT2D eigenvalue weighted by Crippen LogP contribution is -2.57. The van der Waals surface area contributed by atoms with Crippen molar-refractivity contribution in [2.45, 2.75) is 57.1 Å². The molecule has 0 aliphatic heterocycles.